The molecule has 1 aromatic heterocycles. The van der Waals surface area contributed by atoms with E-state index in [0.717, 1.165) is 0 Å². The van der Waals surface area contributed by atoms with Gasteiger partial charge in [-0.1, -0.05) is 11.6 Å². The van der Waals surface area contributed by atoms with Crippen LogP contribution in [0.5, 0.6) is 5.75 Å². The maximum absolute atomic E-state index is 10.7. The Bertz CT molecular complexity index is 585. The number of anilines is 2. The molecular weight excluding hydrogens is 276 g/mol. The van der Waals surface area contributed by atoms with Crippen molar-refractivity contribution in [1.82, 2.24) is 4.98 Å². The Morgan fingerprint density at radius 3 is 2.94 bits per heavy atom. The van der Waals surface area contributed by atoms with Gasteiger partial charge in [0.05, 0.1) is 17.8 Å². The summed E-state index contributed by atoms with van der Waals surface area (Å²) in [5.41, 5.74) is 0.615. The zero-order chi connectivity index (χ0) is 13.1. The molecule has 0 saturated carbocycles. The number of aromatic nitrogens is 1. The van der Waals surface area contributed by atoms with E-state index in [0.29, 0.717) is 21.6 Å². The second-order valence-corrected chi connectivity index (χ2v) is 4.58. The number of thiazole rings is 1. The lowest BCUT2D eigenvalue weighted by Crippen LogP contribution is -1.97. The van der Waals surface area contributed by atoms with Crippen molar-refractivity contribution in [2.24, 2.45) is 0 Å². The van der Waals surface area contributed by atoms with Gasteiger partial charge in [-0.3, -0.25) is 0 Å². The lowest BCUT2D eigenvalue weighted by Gasteiger charge is -2.07. The number of methoxy groups -OCH3 is 1. The standard InChI is InChI=1S/C11H9ClN2O3S/c1-17-6-2-3-7(12)8(4-6)13-11-14-9(5-18-11)10(15)16/h2-5H,1H3,(H,13,14)(H,15,16). The highest BCUT2D eigenvalue weighted by Crippen LogP contribution is 2.30. The molecule has 2 N–H and O–H groups in total. The minimum absolute atomic E-state index is 0.00141. The predicted octanol–water partition coefficient (Wildman–Crippen LogP) is 3.25. The minimum atomic E-state index is -1.06. The van der Waals surface area contributed by atoms with Gasteiger partial charge in [-0.05, 0) is 12.1 Å². The third kappa shape index (κ3) is 2.72. The summed E-state index contributed by atoms with van der Waals surface area (Å²) in [5, 5.41) is 14.1. The van der Waals surface area contributed by atoms with Crippen LogP contribution in [-0.2, 0) is 0 Å². The molecule has 0 radical (unpaired) electrons. The predicted molar refractivity (Wildman–Crippen MR) is 70.4 cm³/mol. The van der Waals surface area contributed by atoms with Gasteiger partial charge >= 0.3 is 5.97 Å². The zero-order valence-corrected chi connectivity index (χ0v) is 10.9. The molecule has 0 unspecified atom stereocenters. The molecule has 0 aliphatic heterocycles. The molecule has 0 amide bonds. The first-order valence-corrected chi connectivity index (χ1v) is 6.15. The maximum Gasteiger partial charge on any atom is 0.355 e. The highest BCUT2D eigenvalue weighted by atomic mass is 35.5. The summed E-state index contributed by atoms with van der Waals surface area (Å²) in [6, 6.07) is 5.14. The number of ether oxygens (including phenoxy) is 1. The van der Waals surface area contributed by atoms with Crippen LogP contribution in [0, 0.1) is 0 Å². The number of carbonyl (C=O) groups is 1. The number of aromatic carboxylic acids is 1. The number of hydrogen-bond acceptors (Lipinski definition) is 5. The van der Waals surface area contributed by atoms with Crippen molar-refractivity contribution >= 4 is 39.7 Å². The average Bonchev–Trinajstić information content (AvgIpc) is 2.81. The molecule has 7 heteroatoms. The van der Waals surface area contributed by atoms with E-state index in [2.05, 4.69) is 10.3 Å². The highest BCUT2D eigenvalue weighted by molar-refractivity contribution is 7.14. The van der Waals surface area contributed by atoms with Crippen molar-refractivity contribution in [1.29, 1.82) is 0 Å². The largest absolute Gasteiger partial charge is 0.497 e. The Balaban J connectivity index is 2.24. The van der Waals surface area contributed by atoms with Crippen LogP contribution in [0.15, 0.2) is 23.6 Å². The van der Waals surface area contributed by atoms with Gasteiger partial charge in [0.1, 0.15) is 5.75 Å². The van der Waals surface area contributed by atoms with Gasteiger partial charge in [-0.15, -0.1) is 11.3 Å². The third-order valence-corrected chi connectivity index (χ3v) is 3.23. The lowest BCUT2D eigenvalue weighted by atomic mass is 10.3. The number of hydrogen-bond donors (Lipinski definition) is 2. The van der Waals surface area contributed by atoms with E-state index in [1.807, 2.05) is 0 Å². The summed E-state index contributed by atoms with van der Waals surface area (Å²) in [4.78, 5) is 14.6. The van der Waals surface area contributed by atoms with E-state index in [1.54, 1.807) is 25.3 Å². The quantitative estimate of drug-likeness (QED) is 0.902. The van der Waals surface area contributed by atoms with Crippen LogP contribution >= 0.6 is 22.9 Å². The summed E-state index contributed by atoms with van der Waals surface area (Å²) in [6.07, 6.45) is 0. The average molecular weight is 285 g/mol. The fourth-order valence-electron chi connectivity index (χ4n) is 1.27. The first-order valence-electron chi connectivity index (χ1n) is 4.89. The molecule has 0 bridgehead atoms. The summed E-state index contributed by atoms with van der Waals surface area (Å²) >= 11 is 7.21. The van der Waals surface area contributed by atoms with Crippen molar-refractivity contribution in [3.63, 3.8) is 0 Å². The molecule has 94 valence electrons. The van der Waals surface area contributed by atoms with E-state index in [-0.39, 0.29) is 5.69 Å². The number of benzene rings is 1. The van der Waals surface area contributed by atoms with Crippen LogP contribution in [0.1, 0.15) is 10.5 Å². The van der Waals surface area contributed by atoms with Gasteiger partial charge in [-0.25, -0.2) is 9.78 Å². The molecule has 18 heavy (non-hydrogen) atoms. The molecule has 0 saturated heterocycles. The van der Waals surface area contributed by atoms with E-state index < -0.39 is 5.97 Å². The Morgan fingerprint density at radius 1 is 1.56 bits per heavy atom. The van der Waals surface area contributed by atoms with Crippen LogP contribution in [0.25, 0.3) is 0 Å². The highest BCUT2D eigenvalue weighted by Gasteiger charge is 2.10. The van der Waals surface area contributed by atoms with Crippen molar-refractivity contribution in [3.8, 4) is 5.75 Å². The molecule has 0 aliphatic carbocycles. The molecule has 1 heterocycles. The zero-order valence-electron chi connectivity index (χ0n) is 9.31. The van der Waals surface area contributed by atoms with Gasteiger partial charge in [0.25, 0.3) is 0 Å². The van der Waals surface area contributed by atoms with E-state index in [4.69, 9.17) is 21.4 Å². The third-order valence-electron chi connectivity index (χ3n) is 2.14. The molecule has 0 spiro atoms. The van der Waals surface area contributed by atoms with E-state index >= 15 is 0 Å². The second kappa shape index (κ2) is 5.24. The fraction of sp³-hybridized carbons (Fsp3) is 0.0909. The fourth-order valence-corrected chi connectivity index (χ4v) is 2.13. The summed E-state index contributed by atoms with van der Waals surface area (Å²) in [5.74, 6) is -0.409. The minimum Gasteiger partial charge on any atom is -0.497 e. The number of halogens is 1. The monoisotopic (exact) mass is 284 g/mol. The molecule has 5 nitrogen and oxygen atoms in total. The van der Waals surface area contributed by atoms with Crippen LogP contribution in [0.2, 0.25) is 5.02 Å². The smallest absolute Gasteiger partial charge is 0.355 e. The molecule has 0 atom stereocenters. The SMILES string of the molecule is COc1ccc(Cl)c(Nc2nc(C(=O)O)cs2)c1. The van der Waals surface area contributed by atoms with Crippen LogP contribution in [-0.4, -0.2) is 23.2 Å². The first kappa shape index (κ1) is 12.7. The van der Waals surface area contributed by atoms with Crippen molar-refractivity contribution in [3.05, 3.63) is 34.3 Å². The summed E-state index contributed by atoms with van der Waals surface area (Å²) < 4.78 is 5.08. The number of carboxylic acids is 1. The van der Waals surface area contributed by atoms with Gasteiger partial charge in [-0.2, -0.15) is 0 Å². The van der Waals surface area contributed by atoms with Crippen molar-refractivity contribution < 1.29 is 14.6 Å². The van der Waals surface area contributed by atoms with Gasteiger partial charge in [0.15, 0.2) is 10.8 Å². The molecule has 2 rings (SSSR count). The number of nitrogens with zero attached hydrogens (tertiary/aromatic N) is 1. The van der Waals surface area contributed by atoms with Gasteiger partial charge in [0, 0.05) is 11.4 Å². The van der Waals surface area contributed by atoms with Gasteiger partial charge < -0.3 is 15.2 Å². The van der Waals surface area contributed by atoms with Crippen LogP contribution in [0.4, 0.5) is 10.8 Å². The summed E-state index contributed by atoms with van der Waals surface area (Å²) in [7, 11) is 1.55. The van der Waals surface area contributed by atoms with E-state index in [9.17, 15) is 4.79 Å². The lowest BCUT2D eigenvalue weighted by molar-refractivity contribution is 0.0691. The Labute approximate surface area is 112 Å². The maximum atomic E-state index is 10.7. The molecule has 0 fully saturated rings. The molecule has 1 aromatic carbocycles. The number of carboxylic acid groups (broad SMARTS) is 1. The van der Waals surface area contributed by atoms with Crippen LogP contribution in [0.3, 0.4) is 0 Å². The van der Waals surface area contributed by atoms with Crippen molar-refractivity contribution in [2.75, 3.05) is 12.4 Å². The van der Waals surface area contributed by atoms with Crippen molar-refractivity contribution in [2.45, 2.75) is 0 Å². The van der Waals surface area contributed by atoms with Gasteiger partial charge in [0.2, 0.25) is 0 Å². The van der Waals surface area contributed by atoms with Crippen LogP contribution < -0.4 is 10.1 Å². The number of nitrogens with one attached hydrogen (secondary N) is 1. The molecular formula is C11H9ClN2O3S. The second-order valence-electron chi connectivity index (χ2n) is 3.31. The first-order chi connectivity index (χ1) is 8.60. The topological polar surface area (TPSA) is 71.5 Å². The Kier molecular flexibility index (Phi) is 3.69. The summed E-state index contributed by atoms with van der Waals surface area (Å²) in [6.45, 7) is 0. The molecule has 2 aromatic rings. The molecule has 0 aliphatic rings. The Hall–Kier alpha value is -1.79. The Morgan fingerprint density at radius 2 is 2.33 bits per heavy atom. The number of rotatable bonds is 4. The van der Waals surface area contributed by atoms with E-state index in [1.165, 1.54) is 16.7 Å². The normalized spacial score (nSPS) is 10.1.